The van der Waals surface area contributed by atoms with Crippen LogP contribution in [-0.4, -0.2) is 65.2 Å². The number of amides is 2. The number of aromatic amines is 2. The number of carbonyl (C=O) groups is 2. The minimum Gasteiger partial charge on any atom is -0.444 e. The molecule has 11 heteroatoms. The van der Waals surface area contributed by atoms with Crippen molar-refractivity contribution in [3.05, 3.63) is 60.1 Å². The number of H-pyrrole nitrogens is 2. The van der Waals surface area contributed by atoms with E-state index >= 15 is 4.39 Å². The van der Waals surface area contributed by atoms with Crippen molar-refractivity contribution in [3.8, 4) is 22.4 Å². The van der Waals surface area contributed by atoms with Gasteiger partial charge in [-0.05, 0) is 114 Å². The van der Waals surface area contributed by atoms with E-state index in [9.17, 15) is 9.59 Å². The molecular weight excluding hydrogens is 599 g/mol. The van der Waals surface area contributed by atoms with Crippen molar-refractivity contribution in [2.75, 3.05) is 0 Å². The highest BCUT2D eigenvalue weighted by Gasteiger charge is 2.57. The number of nitrogens with zero attached hydrogens (tertiary/aromatic N) is 4. The quantitative estimate of drug-likeness (QED) is 0.234. The summed E-state index contributed by atoms with van der Waals surface area (Å²) < 4.78 is 27.1. The lowest BCUT2D eigenvalue weighted by Gasteiger charge is -2.29. The maximum atomic E-state index is 15.7. The number of carbonyl (C=O) groups excluding carboxylic acids is 2. The normalized spacial score (nSPS) is 26.4. The molecular formula is C36H41FN6O4. The van der Waals surface area contributed by atoms with Crippen molar-refractivity contribution in [3.63, 3.8) is 0 Å². The highest BCUT2D eigenvalue weighted by Crippen LogP contribution is 2.54. The molecule has 8 rings (SSSR count). The lowest BCUT2D eigenvalue weighted by atomic mass is 10.0. The number of nitrogens with one attached hydrogen (secondary N) is 2. The van der Waals surface area contributed by atoms with Gasteiger partial charge in [-0.15, -0.1) is 0 Å². The van der Waals surface area contributed by atoms with Gasteiger partial charge < -0.3 is 19.4 Å². The number of benzene rings is 2. The molecule has 0 radical (unpaired) electrons. The molecule has 0 spiro atoms. The predicted octanol–water partition coefficient (Wildman–Crippen LogP) is 7.90. The Bertz CT molecular complexity index is 1900. The number of likely N-dealkylation sites (tertiary alicyclic amines) is 2. The summed E-state index contributed by atoms with van der Waals surface area (Å²) in [7, 11) is 0. The van der Waals surface area contributed by atoms with Crippen LogP contribution in [0.1, 0.15) is 91.0 Å². The van der Waals surface area contributed by atoms with Gasteiger partial charge in [0.15, 0.2) is 0 Å². The Morgan fingerprint density at radius 2 is 1.36 bits per heavy atom. The summed E-state index contributed by atoms with van der Waals surface area (Å²) in [5, 5.41) is 0. The zero-order valence-corrected chi connectivity index (χ0v) is 27.6. The van der Waals surface area contributed by atoms with E-state index in [1.54, 1.807) is 17.2 Å². The fourth-order valence-electron chi connectivity index (χ4n) is 7.48. The van der Waals surface area contributed by atoms with Crippen LogP contribution in [0.5, 0.6) is 0 Å². The Labute approximate surface area is 273 Å². The highest BCUT2D eigenvalue weighted by atomic mass is 19.1. The largest absolute Gasteiger partial charge is 0.444 e. The first-order valence-corrected chi connectivity index (χ1v) is 16.6. The molecule has 2 amide bonds. The number of ether oxygens (including phenoxy) is 2. The minimum atomic E-state index is -0.586. The van der Waals surface area contributed by atoms with Crippen molar-refractivity contribution >= 4 is 23.2 Å². The van der Waals surface area contributed by atoms with Crippen LogP contribution < -0.4 is 0 Å². The second-order valence-electron chi connectivity index (χ2n) is 15.6. The summed E-state index contributed by atoms with van der Waals surface area (Å²) in [6.45, 7) is 11.2. The van der Waals surface area contributed by atoms with E-state index in [0.717, 1.165) is 53.7 Å². The number of fused-ring (bicyclic) bond motifs is 3. The predicted molar refractivity (Wildman–Crippen MR) is 174 cm³/mol. The lowest BCUT2D eigenvalue weighted by Crippen LogP contribution is -2.38. The second-order valence-corrected chi connectivity index (χ2v) is 15.6. The topological polar surface area (TPSA) is 116 Å². The van der Waals surface area contributed by atoms with Gasteiger partial charge in [0, 0.05) is 17.6 Å². The van der Waals surface area contributed by atoms with Crippen molar-refractivity contribution in [2.24, 2.45) is 11.8 Å². The highest BCUT2D eigenvalue weighted by molar-refractivity contribution is 5.83. The molecule has 6 atom stereocenters. The monoisotopic (exact) mass is 640 g/mol. The van der Waals surface area contributed by atoms with Crippen molar-refractivity contribution in [2.45, 2.75) is 103 Å². The number of hydrogen-bond acceptors (Lipinski definition) is 6. The smallest absolute Gasteiger partial charge is 0.411 e. The molecule has 0 unspecified atom stereocenters. The number of aromatic nitrogens is 4. The average Bonchev–Trinajstić information content (AvgIpc) is 3.61. The van der Waals surface area contributed by atoms with Gasteiger partial charge in [-0.1, -0.05) is 12.1 Å². The van der Waals surface area contributed by atoms with Crippen molar-refractivity contribution in [1.29, 1.82) is 0 Å². The standard InChI is InChI=1S/C36H41FN6O4/c1-35(2,3)46-33(44)42-27-13-20(27)15-29(42)31-38-17-26(41-31)22-9-7-18(11-23(22)37)19-8-10-24-25(12-19)40-32(39-24)30-16-21-14-28(21)43(30)34(45)47-36(4,5)6/h7-12,17,20-21,27-30H,13-16H2,1-6H3,(H,38,41)(H,39,40)/t20-,21-,27-,28-,29+,30+/m1/s1. The van der Waals surface area contributed by atoms with Crippen LogP contribution in [-0.2, 0) is 9.47 Å². The molecule has 2 aromatic heterocycles. The first kappa shape index (κ1) is 30.0. The van der Waals surface area contributed by atoms with Crippen LogP contribution in [0.4, 0.5) is 14.0 Å². The van der Waals surface area contributed by atoms with Crippen LogP contribution in [0.25, 0.3) is 33.4 Å². The third-order valence-electron chi connectivity index (χ3n) is 9.74. The molecule has 10 nitrogen and oxygen atoms in total. The van der Waals surface area contributed by atoms with E-state index in [0.29, 0.717) is 28.9 Å². The molecule has 2 aromatic carbocycles. The van der Waals surface area contributed by atoms with Crippen LogP contribution >= 0.6 is 0 Å². The minimum absolute atomic E-state index is 0.160. The van der Waals surface area contributed by atoms with Gasteiger partial charge in [0.2, 0.25) is 0 Å². The fourth-order valence-corrected chi connectivity index (χ4v) is 7.48. The van der Waals surface area contributed by atoms with Gasteiger partial charge >= 0.3 is 12.2 Å². The van der Waals surface area contributed by atoms with Gasteiger partial charge in [0.1, 0.15) is 28.7 Å². The Balaban J connectivity index is 1.01. The maximum absolute atomic E-state index is 15.7. The van der Waals surface area contributed by atoms with Gasteiger partial charge in [0.25, 0.3) is 0 Å². The zero-order valence-electron chi connectivity index (χ0n) is 27.6. The molecule has 4 aliphatic rings. The first-order valence-electron chi connectivity index (χ1n) is 16.6. The molecule has 2 saturated carbocycles. The van der Waals surface area contributed by atoms with E-state index < -0.39 is 11.2 Å². The number of halogens is 1. The Kier molecular flexibility index (Phi) is 6.56. The summed E-state index contributed by atoms with van der Waals surface area (Å²) in [5.74, 6) is 1.95. The summed E-state index contributed by atoms with van der Waals surface area (Å²) in [5.41, 5.74) is 3.01. The Morgan fingerprint density at radius 1 is 0.787 bits per heavy atom. The molecule has 2 saturated heterocycles. The summed E-state index contributed by atoms with van der Waals surface area (Å²) in [4.78, 5) is 45.9. The summed E-state index contributed by atoms with van der Waals surface area (Å²) >= 11 is 0. The van der Waals surface area contributed by atoms with Gasteiger partial charge in [-0.3, -0.25) is 9.80 Å². The van der Waals surface area contributed by atoms with E-state index in [4.69, 9.17) is 14.5 Å². The Morgan fingerprint density at radius 3 is 1.96 bits per heavy atom. The van der Waals surface area contributed by atoms with Crippen LogP contribution in [0.3, 0.4) is 0 Å². The SMILES string of the molecule is CC(C)(C)OC(=O)N1[C@@H]2C[C@@H]2C[C@H]1c1ncc(-c2ccc(-c3ccc4nc([C@@H]5C[C@H]6C[C@H]6N5C(=O)OC(C)(C)C)[nH]c4c3)cc2F)[nH]1. The van der Waals surface area contributed by atoms with E-state index in [1.807, 2.05) is 70.7 Å². The molecule has 4 heterocycles. The molecule has 246 valence electrons. The van der Waals surface area contributed by atoms with E-state index in [-0.39, 0.29) is 42.2 Å². The molecule has 2 aliphatic carbocycles. The van der Waals surface area contributed by atoms with Gasteiger partial charge in [-0.2, -0.15) is 0 Å². The number of piperidine rings is 2. The molecule has 47 heavy (non-hydrogen) atoms. The molecule has 2 N–H and O–H groups in total. The molecule has 2 aliphatic heterocycles. The lowest BCUT2D eigenvalue weighted by molar-refractivity contribution is 0.0164. The second kappa shape index (κ2) is 10.3. The number of imidazole rings is 2. The first-order chi connectivity index (χ1) is 22.2. The zero-order chi connectivity index (χ0) is 33.0. The van der Waals surface area contributed by atoms with E-state index in [2.05, 4.69) is 15.0 Å². The van der Waals surface area contributed by atoms with Gasteiger partial charge in [0.05, 0.1) is 35.0 Å². The van der Waals surface area contributed by atoms with Gasteiger partial charge in [-0.25, -0.2) is 23.9 Å². The maximum Gasteiger partial charge on any atom is 0.411 e. The summed E-state index contributed by atoms with van der Waals surface area (Å²) in [6, 6.07) is 11.0. The van der Waals surface area contributed by atoms with Crippen LogP contribution in [0, 0.1) is 17.7 Å². The number of rotatable bonds is 4. The fraction of sp³-hybridized carbons (Fsp3) is 0.500. The molecule has 0 bridgehead atoms. The Hall–Kier alpha value is -4.41. The molecule has 4 aromatic rings. The van der Waals surface area contributed by atoms with Crippen molar-refractivity contribution < 1.29 is 23.5 Å². The van der Waals surface area contributed by atoms with Crippen molar-refractivity contribution in [1.82, 2.24) is 29.7 Å². The third kappa shape index (κ3) is 5.53. The third-order valence-corrected chi connectivity index (χ3v) is 9.74. The van der Waals surface area contributed by atoms with E-state index in [1.165, 1.54) is 6.07 Å². The molecule has 4 fully saturated rings. The van der Waals surface area contributed by atoms with Crippen LogP contribution in [0.2, 0.25) is 0 Å². The van der Waals surface area contributed by atoms with Crippen LogP contribution in [0.15, 0.2) is 42.6 Å². The number of hydrogen-bond donors (Lipinski definition) is 2. The summed E-state index contributed by atoms with van der Waals surface area (Å²) in [6.07, 6.45) is 4.67. The average molecular weight is 641 g/mol.